The molecule has 0 aliphatic rings. The number of hydrogen-bond acceptors (Lipinski definition) is 8. The van der Waals surface area contributed by atoms with Crippen molar-refractivity contribution in [2.45, 2.75) is 238 Å². The molecule has 0 heterocycles. The number of phosphoric ester groups is 1. The van der Waals surface area contributed by atoms with Gasteiger partial charge in [0.05, 0.1) is 13.2 Å². The molecule has 0 aromatic heterocycles. The lowest BCUT2D eigenvalue weighted by Crippen LogP contribution is -2.29. The monoisotopic (exact) mass is 1010 g/mol. The van der Waals surface area contributed by atoms with Crippen LogP contribution in [0.5, 0.6) is 0 Å². The van der Waals surface area contributed by atoms with E-state index in [0.717, 1.165) is 103 Å². The third kappa shape index (κ3) is 55.8. The normalized spacial score (nSPS) is 13.9. The Labute approximate surface area is 435 Å². The number of allylic oxidation sites excluding steroid dienone is 18. The lowest BCUT2D eigenvalue weighted by atomic mass is 10.0. The Morgan fingerprint density at radius 2 is 0.775 bits per heavy atom. The molecule has 0 aliphatic carbocycles. The van der Waals surface area contributed by atoms with Gasteiger partial charge in [0.15, 0.2) is 6.10 Å². The van der Waals surface area contributed by atoms with Crippen LogP contribution in [0, 0.1) is 0 Å². The molecule has 0 aromatic rings. The maximum absolute atomic E-state index is 12.7. The highest BCUT2D eigenvalue weighted by Gasteiger charge is 2.26. The van der Waals surface area contributed by atoms with Crippen LogP contribution in [0.3, 0.4) is 0 Å². The molecule has 0 saturated heterocycles. The SMILES string of the molecule is CC/C=C\C/C=C\C/C=C\C/C=C\C/C=C\C/C=C\C/C=C\CCCCCCCC(=O)OC(COC(=O)CCCCCCCCCCCCC/C=C\C/C=C\CCCCCCC)COP(=O)(O)OCCN. The highest BCUT2D eigenvalue weighted by atomic mass is 31.2. The van der Waals surface area contributed by atoms with E-state index in [2.05, 4.69) is 123 Å². The average Bonchev–Trinajstić information content (AvgIpc) is 3.36. The second kappa shape index (κ2) is 56.0. The maximum Gasteiger partial charge on any atom is 0.472 e. The molecule has 0 rings (SSSR count). The first-order chi connectivity index (χ1) is 34.8. The molecule has 0 aromatic carbocycles. The fourth-order valence-corrected chi connectivity index (χ4v) is 8.23. The number of carbonyl (C=O) groups is 2. The van der Waals surface area contributed by atoms with Crippen molar-refractivity contribution in [2.24, 2.45) is 5.73 Å². The van der Waals surface area contributed by atoms with Crippen molar-refractivity contribution in [3.8, 4) is 0 Å². The van der Waals surface area contributed by atoms with E-state index in [0.29, 0.717) is 6.42 Å². The summed E-state index contributed by atoms with van der Waals surface area (Å²) in [5.41, 5.74) is 5.38. The number of esters is 2. The van der Waals surface area contributed by atoms with Crippen LogP contribution in [-0.4, -0.2) is 49.3 Å². The summed E-state index contributed by atoms with van der Waals surface area (Å²) in [7, 11) is -4.40. The summed E-state index contributed by atoms with van der Waals surface area (Å²) in [6.07, 6.45) is 75.6. The first-order valence-corrected chi connectivity index (χ1v) is 29.9. The van der Waals surface area contributed by atoms with Crippen molar-refractivity contribution in [2.75, 3.05) is 26.4 Å². The van der Waals surface area contributed by atoms with Crippen molar-refractivity contribution < 1.29 is 37.6 Å². The highest BCUT2D eigenvalue weighted by Crippen LogP contribution is 2.43. The Kier molecular flexibility index (Phi) is 53.3. The molecule has 0 aliphatic heterocycles. The van der Waals surface area contributed by atoms with Gasteiger partial charge in [0, 0.05) is 19.4 Å². The lowest BCUT2D eigenvalue weighted by molar-refractivity contribution is -0.161. The second-order valence-electron chi connectivity index (χ2n) is 18.4. The molecule has 0 saturated carbocycles. The van der Waals surface area contributed by atoms with Gasteiger partial charge in [0.2, 0.25) is 0 Å². The molecule has 0 bridgehead atoms. The topological polar surface area (TPSA) is 134 Å². The van der Waals surface area contributed by atoms with Gasteiger partial charge in [0.25, 0.3) is 0 Å². The molecule has 406 valence electrons. The first-order valence-electron chi connectivity index (χ1n) is 28.4. The van der Waals surface area contributed by atoms with E-state index < -0.39 is 32.5 Å². The zero-order valence-corrected chi connectivity index (χ0v) is 46.1. The van der Waals surface area contributed by atoms with Gasteiger partial charge in [-0.25, -0.2) is 4.57 Å². The summed E-state index contributed by atoms with van der Waals surface area (Å²) < 4.78 is 33.0. The molecule has 9 nitrogen and oxygen atoms in total. The Morgan fingerprint density at radius 1 is 0.437 bits per heavy atom. The average molecular weight is 1010 g/mol. The van der Waals surface area contributed by atoms with Gasteiger partial charge >= 0.3 is 19.8 Å². The summed E-state index contributed by atoms with van der Waals surface area (Å²) in [5, 5.41) is 0. The van der Waals surface area contributed by atoms with Crippen LogP contribution in [0.25, 0.3) is 0 Å². The zero-order chi connectivity index (χ0) is 51.7. The molecular weight excluding hydrogens is 906 g/mol. The standard InChI is InChI=1S/C61H104NO8P/c1-3-5-7-9-11-13-15-17-19-21-23-25-27-28-29-30-32-34-36-38-40-42-44-46-48-50-52-54-61(64)70-59(58-69-71(65,66)68-56-55-62)57-67-60(63)53-51-49-47-45-43-41-39-37-35-33-31-26-24-22-20-18-16-14-12-10-8-6-4-2/h5,7,11,13,16-19,22-25,28-29,32,34,38,40,59H,3-4,6,8-10,12,14-15,20-21,26-27,30-31,33,35-37,39,41-58,62H2,1-2H3,(H,65,66)/b7-5-,13-11-,18-16-,19-17-,24-22-,25-23-,29-28-,34-32-,40-38-. The number of nitrogens with two attached hydrogens (primary N) is 1. The van der Waals surface area contributed by atoms with Crippen LogP contribution in [0.4, 0.5) is 0 Å². The van der Waals surface area contributed by atoms with E-state index in [1.807, 2.05) is 0 Å². The quantitative estimate of drug-likeness (QED) is 0.0264. The van der Waals surface area contributed by atoms with Crippen LogP contribution in [0.2, 0.25) is 0 Å². The minimum Gasteiger partial charge on any atom is -0.462 e. The van der Waals surface area contributed by atoms with Gasteiger partial charge < -0.3 is 20.1 Å². The molecule has 0 amide bonds. The summed E-state index contributed by atoms with van der Waals surface area (Å²) >= 11 is 0. The number of carbonyl (C=O) groups excluding carboxylic acids is 2. The van der Waals surface area contributed by atoms with Gasteiger partial charge in [-0.3, -0.25) is 18.6 Å². The van der Waals surface area contributed by atoms with Crippen molar-refractivity contribution in [1.82, 2.24) is 0 Å². The van der Waals surface area contributed by atoms with Crippen LogP contribution in [-0.2, 0) is 32.7 Å². The van der Waals surface area contributed by atoms with Gasteiger partial charge in [-0.2, -0.15) is 0 Å². The van der Waals surface area contributed by atoms with Gasteiger partial charge in [-0.05, 0) is 103 Å². The number of hydrogen-bond donors (Lipinski definition) is 2. The van der Waals surface area contributed by atoms with Crippen LogP contribution in [0.1, 0.15) is 232 Å². The molecule has 10 heteroatoms. The van der Waals surface area contributed by atoms with Crippen LogP contribution < -0.4 is 5.73 Å². The first kappa shape index (κ1) is 67.7. The molecule has 2 atom stereocenters. The molecule has 2 unspecified atom stereocenters. The minimum atomic E-state index is -4.40. The smallest absolute Gasteiger partial charge is 0.462 e. The third-order valence-corrected chi connectivity index (χ3v) is 12.6. The molecule has 0 spiro atoms. The lowest BCUT2D eigenvalue weighted by Gasteiger charge is -2.19. The molecule has 3 N–H and O–H groups in total. The maximum atomic E-state index is 12.7. The molecule has 71 heavy (non-hydrogen) atoms. The molecule has 0 fully saturated rings. The van der Waals surface area contributed by atoms with E-state index in [1.54, 1.807) is 0 Å². The number of unbranched alkanes of at least 4 members (excludes halogenated alkanes) is 21. The van der Waals surface area contributed by atoms with Crippen molar-refractivity contribution in [3.05, 3.63) is 109 Å². The Morgan fingerprint density at radius 3 is 1.15 bits per heavy atom. The predicted molar refractivity (Wildman–Crippen MR) is 302 cm³/mol. The van der Waals surface area contributed by atoms with E-state index in [1.165, 1.54) is 96.3 Å². The van der Waals surface area contributed by atoms with E-state index in [4.69, 9.17) is 24.3 Å². The van der Waals surface area contributed by atoms with Crippen molar-refractivity contribution in [3.63, 3.8) is 0 Å². The summed E-state index contributed by atoms with van der Waals surface area (Å²) in [6, 6.07) is 0. The van der Waals surface area contributed by atoms with Gasteiger partial charge in [0.1, 0.15) is 6.61 Å². The molecular formula is C61H104NO8P. The summed E-state index contributed by atoms with van der Waals surface area (Å²) in [4.78, 5) is 35.2. The summed E-state index contributed by atoms with van der Waals surface area (Å²) in [6.45, 7) is 3.59. The fourth-order valence-electron chi connectivity index (χ4n) is 7.47. The largest absolute Gasteiger partial charge is 0.472 e. The van der Waals surface area contributed by atoms with E-state index >= 15 is 0 Å². The number of ether oxygens (including phenoxy) is 2. The van der Waals surface area contributed by atoms with Crippen molar-refractivity contribution >= 4 is 19.8 Å². The van der Waals surface area contributed by atoms with Gasteiger partial charge in [-0.15, -0.1) is 0 Å². The zero-order valence-electron chi connectivity index (χ0n) is 45.2. The van der Waals surface area contributed by atoms with Crippen molar-refractivity contribution in [1.29, 1.82) is 0 Å². The van der Waals surface area contributed by atoms with E-state index in [9.17, 15) is 19.0 Å². The second-order valence-corrected chi connectivity index (χ2v) is 19.9. The van der Waals surface area contributed by atoms with Gasteiger partial charge in [-0.1, -0.05) is 226 Å². The Bertz CT molecular complexity index is 1530. The summed E-state index contributed by atoms with van der Waals surface area (Å²) in [5.74, 6) is -0.857. The Hall–Kier alpha value is -3.33. The Balaban J connectivity index is 4.08. The van der Waals surface area contributed by atoms with Crippen LogP contribution in [0.15, 0.2) is 109 Å². The highest BCUT2D eigenvalue weighted by molar-refractivity contribution is 7.47. The number of phosphoric acid groups is 1. The fraction of sp³-hybridized carbons (Fsp3) is 0.672. The van der Waals surface area contributed by atoms with Crippen LogP contribution >= 0.6 is 7.82 Å². The molecule has 0 radical (unpaired) electrons. The predicted octanol–water partition coefficient (Wildman–Crippen LogP) is 17.8. The van der Waals surface area contributed by atoms with E-state index in [-0.39, 0.29) is 32.6 Å². The minimum absolute atomic E-state index is 0.0439. The third-order valence-electron chi connectivity index (χ3n) is 11.6. The number of rotatable bonds is 52.